The fourth-order valence-electron chi connectivity index (χ4n) is 3.14. The molecule has 3 aromatic rings. The lowest BCUT2D eigenvalue weighted by molar-refractivity contribution is -0.159. The number of halogens is 4. The van der Waals surface area contributed by atoms with Crippen molar-refractivity contribution in [3.05, 3.63) is 54.3 Å². The number of para-hydroxylation sites is 1. The highest BCUT2D eigenvalue weighted by atomic mass is 19.4. The van der Waals surface area contributed by atoms with Crippen molar-refractivity contribution in [1.82, 2.24) is 20.0 Å². The van der Waals surface area contributed by atoms with Gasteiger partial charge in [0.25, 0.3) is 5.91 Å². The minimum absolute atomic E-state index is 0.0210. The number of aromatic nitrogens is 3. The second-order valence-electron chi connectivity index (χ2n) is 6.91. The number of amides is 1. The first kappa shape index (κ1) is 21.5. The first-order valence-electron chi connectivity index (χ1n) is 9.58. The number of anilines is 1. The van der Waals surface area contributed by atoms with Gasteiger partial charge in [-0.1, -0.05) is 17.3 Å². The molecule has 8 nitrogen and oxygen atoms in total. The second-order valence-corrected chi connectivity index (χ2v) is 6.91. The molecule has 0 bridgehead atoms. The standard InChI is InChI=1S/C20H17F4N5O3/c21-14-3-1-2-4-15(14)31-12-17(30)29-9-7-28(8-10-29)16-6-5-13(11-25-16)18-26-19(32-27-18)20(22,23)24/h1-6,11H,7-10,12H2. The molecule has 168 valence electrons. The number of benzene rings is 1. The van der Waals surface area contributed by atoms with Gasteiger partial charge in [0.15, 0.2) is 18.2 Å². The number of carbonyl (C=O) groups is 1. The molecule has 1 amide bonds. The molecule has 0 saturated carbocycles. The minimum Gasteiger partial charge on any atom is -0.481 e. The Bertz CT molecular complexity index is 1080. The van der Waals surface area contributed by atoms with Crippen LogP contribution in [0, 0.1) is 5.82 Å². The van der Waals surface area contributed by atoms with Crippen molar-refractivity contribution >= 4 is 11.7 Å². The van der Waals surface area contributed by atoms with E-state index in [1.165, 1.54) is 24.4 Å². The third-order valence-corrected chi connectivity index (χ3v) is 4.82. The van der Waals surface area contributed by atoms with E-state index in [2.05, 4.69) is 19.6 Å². The smallest absolute Gasteiger partial charge is 0.471 e. The number of nitrogens with zero attached hydrogens (tertiary/aromatic N) is 5. The number of pyridine rings is 1. The van der Waals surface area contributed by atoms with E-state index in [1.807, 2.05) is 4.90 Å². The molecule has 3 heterocycles. The summed E-state index contributed by atoms with van der Waals surface area (Å²) in [5.74, 6) is -1.79. The summed E-state index contributed by atoms with van der Waals surface area (Å²) in [6, 6.07) is 9.05. The molecular weight excluding hydrogens is 434 g/mol. The third-order valence-electron chi connectivity index (χ3n) is 4.82. The van der Waals surface area contributed by atoms with Crippen molar-refractivity contribution in [2.45, 2.75) is 6.18 Å². The van der Waals surface area contributed by atoms with Crippen LogP contribution in [0.2, 0.25) is 0 Å². The van der Waals surface area contributed by atoms with Crippen LogP contribution in [0.15, 0.2) is 47.1 Å². The molecule has 0 N–H and O–H groups in total. The quantitative estimate of drug-likeness (QED) is 0.552. The molecule has 0 radical (unpaired) electrons. The molecule has 4 rings (SSSR count). The largest absolute Gasteiger partial charge is 0.481 e. The van der Waals surface area contributed by atoms with Gasteiger partial charge in [-0.05, 0) is 24.3 Å². The van der Waals surface area contributed by atoms with Crippen molar-refractivity contribution in [1.29, 1.82) is 0 Å². The molecule has 12 heteroatoms. The molecule has 1 aromatic carbocycles. The summed E-state index contributed by atoms with van der Waals surface area (Å²) >= 11 is 0. The molecular formula is C20H17F4N5O3. The highest BCUT2D eigenvalue weighted by Crippen LogP contribution is 2.29. The molecule has 1 aliphatic rings. The van der Waals surface area contributed by atoms with Gasteiger partial charge in [0.05, 0.1) is 0 Å². The van der Waals surface area contributed by atoms with Gasteiger partial charge in [-0.2, -0.15) is 18.2 Å². The number of carbonyl (C=O) groups excluding carboxylic acids is 1. The number of alkyl halides is 3. The fraction of sp³-hybridized carbons (Fsp3) is 0.300. The summed E-state index contributed by atoms with van der Waals surface area (Å²) in [7, 11) is 0. The van der Waals surface area contributed by atoms with Crippen LogP contribution in [0.1, 0.15) is 5.89 Å². The van der Waals surface area contributed by atoms with Gasteiger partial charge in [-0.15, -0.1) is 0 Å². The van der Waals surface area contributed by atoms with Crippen LogP contribution < -0.4 is 9.64 Å². The van der Waals surface area contributed by atoms with Crippen molar-refractivity contribution < 1.29 is 31.6 Å². The minimum atomic E-state index is -4.71. The van der Waals surface area contributed by atoms with Gasteiger partial charge < -0.3 is 19.1 Å². The van der Waals surface area contributed by atoms with Gasteiger partial charge in [0.2, 0.25) is 5.82 Å². The number of hydrogen-bond acceptors (Lipinski definition) is 7. The Balaban J connectivity index is 1.31. The zero-order valence-electron chi connectivity index (χ0n) is 16.5. The van der Waals surface area contributed by atoms with Crippen molar-refractivity contribution in [3.63, 3.8) is 0 Å². The first-order chi connectivity index (χ1) is 15.3. The van der Waals surface area contributed by atoms with Crippen LogP contribution in [0.25, 0.3) is 11.4 Å². The van der Waals surface area contributed by atoms with Crippen LogP contribution in [-0.2, 0) is 11.0 Å². The average Bonchev–Trinajstić information content (AvgIpc) is 3.30. The van der Waals surface area contributed by atoms with Crippen LogP contribution in [0.4, 0.5) is 23.4 Å². The number of ether oxygens (including phenoxy) is 1. The van der Waals surface area contributed by atoms with Crippen LogP contribution in [0.5, 0.6) is 5.75 Å². The molecule has 0 unspecified atom stereocenters. The monoisotopic (exact) mass is 451 g/mol. The maximum Gasteiger partial charge on any atom is 0.471 e. The lowest BCUT2D eigenvalue weighted by Gasteiger charge is -2.35. The Morgan fingerprint density at radius 3 is 2.47 bits per heavy atom. The third kappa shape index (κ3) is 4.79. The number of rotatable bonds is 5. The number of hydrogen-bond donors (Lipinski definition) is 0. The van der Waals surface area contributed by atoms with Crippen LogP contribution in [0.3, 0.4) is 0 Å². The zero-order valence-corrected chi connectivity index (χ0v) is 16.5. The Kier molecular flexibility index (Phi) is 5.93. The summed E-state index contributed by atoms with van der Waals surface area (Å²) < 4.78 is 60.9. The van der Waals surface area contributed by atoms with E-state index in [1.54, 1.807) is 23.1 Å². The zero-order chi connectivity index (χ0) is 22.7. The Hall–Kier alpha value is -3.70. The summed E-state index contributed by atoms with van der Waals surface area (Å²) in [6.45, 7) is 1.57. The Morgan fingerprint density at radius 2 is 1.84 bits per heavy atom. The molecule has 1 saturated heterocycles. The van der Waals surface area contributed by atoms with E-state index in [0.29, 0.717) is 32.0 Å². The van der Waals surface area contributed by atoms with Gasteiger partial charge >= 0.3 is 12.1 Å². The Morgan fingerprint density at radius 1 is 1.09 bits per heavy atom. The first-order valence-corrected chi connectivity index (χ1v) is 9.58. The van der Waals surface area contributed by atoms with E-state index < -0.39 is 17.9 Å². The molecule has 0 atom stereocenters. The summed E-state index contributed by atoms with van der Waals surface area (Å²) in [5.41, 5.74) is 0.284. The predicted molar refractivity (Wildman–Crippen MR) is 103 cm³/mol. The predicted octanol–water partition coefficient (Wildman–Crippen LogP) is 3.02. The van der Waals surface area contributed by atoms with E-state index >= 15 is 0 Å². The summed E-state index contributed by atoms with van der Waals surface area (Å²) in [6.07, 6.45) is -3.35. The number of piperazine rings is 1. The van der Waals surface area contributed by atoms with E-state index in [0.717, 1.165) is 0 Å². The van der Waals surface area contributed by atoms with E-state index in [4.69, 9.17) is 4.74 Å². The normalized spacial score (nSPS) is 14.5. The van der Waals surface area contributed by atoms with Crippen molar-refractivity contribution in [2.24, 2.45) is 0 Å². The highest BCUT2D eigenvalue weighted by Gasteiger charge is 2.38. The summed E-state index contributed by atoms with van der Waals surface area (Å²) in [5, 5.41) is 3.33. The van der Waals surface area contributed by atoms with Crippen LogP contribution >= 0.6 is 0 Å². The maximum absolute atomic E-state index is 13.6. The molecule has 32 heavy (non-hydrogen) atoms. The highest BCUT2D eigenvalue weighted by molar-refractivity contribution is 5.78. The van der Waals surface area contributed by atoms with Crippen LogP contribution in [-0.4, -0.2) is 58.7 Å². The van der Waals surface area contributed by atoms with Gasteiger partial charge in [0, 0.05) is 37.9 Å². The molecule has 0 aliphatic carbocycles. The van der Waals surface area contributed by atoms with Gasteiger partial charge in [-0.3, -0.25) is 4.79 Å². The SMILES string of the molecule is O=C(COc1ccccc1F)N1CCN(c2ccc(-c3noc(C(F)(F)F)n3)cn2)CC1. The maximum atomic E-state index is 13.6. The van der Waals surface area contributed by atoms with Gasteiger partial charge in [0.1, 0.15) is 5.82 Å². The van der Waals surface area contributed by atoms with Crippen molar-refractivity contribution in [2.75, 3.05) is 37.7 Å². The molecule has 1 aliphatic heterocycles. The summed E-state index contributed by atoms with van der Waals surface area (Å²) in [4.78, 5) is 23.5. The van der Waals surface area contributed by atoms with E-state index in [9.17, 15) is 22.4 Å². The lowest BCUT2D eigenvalue weighted by Crippen LogP contribution is -2.50. The second kappa shape index (κ2) is 8.81. The molecule has 1 fully saturated rings. The van der Waals surface area contributed by atoms with E-state index in [-0.39, 0.29) is 29.7 Å². The average molecular weight is 451 g/mol. The molecule has 2 aromatic heterocycles. The topological polar surface area (TPSA) is 84.6 Å². The fourth-order valence-corrected chi connectivity index (χ4v) is 3.14. The van der Waals surface area contributed by atoms with Crippen molar-refractivity contribution in [3.8, 4) is 17.1 Å². The molecule has 0 spiro atoms. The van der Waals surface area contributed by atoms with Gasteiger partial charge in [-0.25, -0.2) is 9.37 Å². The lowest BCUT2D eigenvalue weighted by atomic mass is 10.2. The Labute approximate surface area is 179 Å².